The minimum absolute atomic E-state index is 0.0370. The maximum absolute atomic E-state index is 13.9. The summed E-state index contributed by atoms with van der Waals surface area (Å²) in [5, 5.41) is 0.828. The number of carbonyl (C=O) groups is 2. The number of ether oxygens (including phenoxy) is 2. The Hall–Kier alpha value is -4.20. The molecule has 1 amide bonds. The summed E-state index contributed by atoms with van der Waals surface area (Å²) < 4.78 is 41.4. The molecule has 4 aromatic rings. The highest BCUT2D eigenvalue weighted by molar-refractivity contribution is 6.10. The summed E-state index contributed by atoms with van der Waals surface area (Å²) in [4.78, 5) is 28.1. The maximum Gasteiger partial charge on any atom is 0.410 e. The van der Waals surface area contributed by atoms with E-state index >= 15 is 0 Å². The molecule has 1 saturated heterocycles. The van der Waals surface area contributed by atoms with E-state index in [1.807, 2.05) is 57.2 Å². The van der Waals surface area contributed by atoms with Crippen LogP contribution in [0, 0.1) is 11.6 Å². The van der Waals surface area contributed by atoms with Crippen molar-refractivity contribution >= 4 is 22.8 Å². The zero-order valence-corrected chi connectivity index (χ0v) is 26.0. The van der Waals surface area contributed by atoms with Crippen molar-refractivity contribution in [2.75, 3.05) is 13.1 Å². The fraction of sp³-hybridized carbons (Fsp3) is 0.389. The van der Waals surface area contributed by atoms with Crippen LogP contribution in [0.3, 0.4) is 0 Å². The van der Waals surface area contributed by atoms with Crippen LogP contribution in [0.5, 0.6) is 5.75 Å². The molecule has 0 aliphatic carbocycles. The molecule has 1 atom stereocenters. The Morgan fingerprint density at radius 1 is 0.955 bits per heavy atom. The van der Waals surface area contributed by atoms with Crippen LogP contribution in [-0.2, 0) is 17.7 Å². The highest BCUT2D eigenvalue weighted by atomic mass is 19.2. The number of hydrogen-bond donors (Lipinski definition) is 0. The molecule has 3 aromatic carbocycles. The first-order valence-corrected chi connectivity index (χ1v) is 15.2. The summed E-state index contributed by atoms with van der Waals surface area (Å²) in [6.07, 6.45) is 0.627. The maximum atomic E-state index is 13.9. The van der Waals surface area contributed by atoms with Gasteiger partial charge < -0.3 is 18.9 Å². The summed E-state index contributed by atoms with van der Waals surface area (Å²) in [7, 11) is 0. The van der Waals surface area contributed by atoms with Gasteiger partial charge in [-0.05, 0) is 68.5 Å². The van der Waals surface area contributed by atoms with Gasteiger partial charge in [0.15, 0.2) is 17.4 Å². The number of aryl methyl sites for hydroxylation is 1. The summed E-state index contributed by atoms with van der Waals surface area (Å²) in [5.41, 5.74) is 3.56. The third-order valence-electron chi connectivity index (χ3n) is 7.81. The van der Waals surface area contributed by atoms with Crippen LogP contribution < -0.4 is 4.74 Å². The van der Waals surface area contributed by atoms with Crippen LogP contribution in [0.25, 0.3) is 10.9 Å². The molecule has 44 heavy (non-hydrogen) atoms. The lowest BCUT2D eigenvalue weighted by molar-refractivity contribution is 0.0275. The van der Waals surface area contributed by atoms with Gasteiger partial charge in [-0.1, -0.05) is 50.2 Å². The predicted octanol–water partition coefficient (Wildman–Crippen LogP) is 8.29. The van der Waals surface area contributed by atoms with Gasteiger partial charge in [0.2, 0.25) is 0 Å². The molecule has 2 heterocycles. The predicted molar refractivity (Wildman–Crippen MR) is 167 cm³/mol. The lowest BCUT2D eigenvalue weighted by Gasteiger charge is -2.24. The van der Waals surface area contributed by atoms with Crippen LogP contribution >= 0.6 is 0 Å². The van der Waals surface area contributed by atoms with Crippen LogP contribution in [-0.4, -0.2) is 46.1 Å². The molecule has 0 saturated carbocycles. The second kappa shape index (κ2) is 12.8. The number of benzene rings is 3. The number of rotatable bonds is 9. The average Bonchev–Trinajstić information content (AvgIpc) is 3.56. The molecule has 0 radical (unpaired) electrons. The molecule has 1 unspecified atom stereocenters. The largest absolute Gasteiger partial charge is 0.488 e. The summed E-state index contributed by atoms with van der Waals surface area (Å²) in [6.45, 7) is 11.3. The first kappa shape index (κ1) is 31.2. The summed E-state index contributed by atoms with van der Waals surface area (Å²) >= 11 is 0. The number of aromatic nitrogens is 1. The molecule has 1 aliphatic rings. The molecule has 0 bridgehead atoms. The Balaban J connectivity index is 1.46. The molecule has 6 nitrogen and oxygen atoms in total. The Morgan fingerprint density at radius 2 is 1.70 bits per heavy atom. The molecular weight excluding hydrogens is 562 g/mol. The van der Waals surface area contributed by atoms with E-state index in [1.54, 1.807) is 4.90 Å². The zero-order valence-electron chi connectivity index (χ0n) is 26.0. The molecule has 1 fully saturated rings. The topological polar surface area (TPSA) is 60.8 Å². The van der Waals surface area contributed by atoms with Gasteiger partial charge in [0.1, 0.15) is 17.5 Å². The molecule has 8 heteroatoms. The van der Waals surface area contributed by atoms with Crippen molar-refractivity contribution in [1.82, 2.24) is 9.47 Å². The highest BCUT2D eigenvalue weighted by Crippen LogP contribution is 2.36. The number of amides is 1. The van der Waals surface area contributed by atoms with E-state index in [2.05, 4.69) is 30.5 Å². The van der Waals surface area contributed by atoms with Crippen molar-refractivity contribution in [3.8, 4) is 5.75 Å². The van der Waals surface area contributed by atoms with Gasteiger partial charge in [-0.3, -0.25) is 4.79 Å². The van der Waals surface area contributed by atoms with E-state index in [9.17, 15) is 18.4 Å². The Kier molecular flexibility index (Phi) is 9.09. The van der Waals surface area contributed by atoms with Crippen molar-refractivity contribution in [2.45, 2.75) is 78.0 Å². The summed E-state index contributed by atoms with van der Waals surface area (Å²) in [5.74, 6) is -1.17. The van der Waals surface area contributed by atoms with Crippen LogP contribution in [0.2, 0.25) is 0 Å². The van der Waals surface area contributed by atoms with Crippen LogP contribution in [0.15, 0.2) is 66.7 Å². The SMILES string of the molecule is CC(C)c1c(C(=O)CCc2ccc(F)c(F)c2)c2ccc(OC3CCN(C(=O)OC(C)(C)C)C3)cc2n1Cc1ccccc1. The first-order chi connectivity index (χ1) is 20.9. The van der Waals surface area contributed by atoms with Crippen LogP contribution in [0.4, 0.5) is 13.6 Å². The van der Waals surface area contributed by atoms with Crippen molar-refractivity contribution in [3.05, 3.63) is 101 Å². The van der Waals surface area contributed by atoms with Gasteiger partial charge in [0, 0.05) is 48.6 Å². The number of ketones is 1. The van der Waals surface area contributed by atoms with E-state index in [-0.39, 0.29) is 30.3 Å². The quantitative estimate of drug-likeness (QED) is 0.181. The minimum atomic E-state index is -0.915. The van der Waals surface area contributed by atoms with Crippen molar-refractivity contribution in [1.29, 1.82) is 0 Å². The second-order valence-electron chi connectivity index (χ2n) is 12.8. The first-order valence-electron chi connectivity index (χ1n) is 15.2. The van der Waals surface area contributed by atoms with Gasteiger partial charge in [0.25, 0.3) is 0 Å². The van der Waals surface area contributed by atoms with Crippen molar-refractivity contribution in [3.63, 3.8) is 0 Å². The van der Waals surface area contributed by atoms with Gasteiger partial charge in [-0.25, -0.2) is 13.6 Å². The van der Waals surface area contributed by atoms with Gasteiger partial charge >= 0.3 is 6.09 Å². The smallest absolute Gasteiger partial charge is 0.410 e. The van der Waals surface area contributed by atoms with Crippen molar-refractivity contribution < 1.29 is 27.8 Å². The number of halogens is 2. The van der Waals surface area contributed by atoms with Crippen LogP contribution in [0.1, 0.15) is 80.6 Å². The van der Waals surface area contributed by atoms with E-state index in [0.29, 0.717) is 49.4 Å². The lowest BCUT2D eigenvalue weighted by Crippen LogP contribution is -2.36. The van der Waals surface area contributed by atoms with E-state index < -0.39 is 17.2 Å². The minimum Gasteiger partial charge on any atom is -0.488 e. The highest BCUT2D eigenvalue weighted by Gasteiger charge is 2.31. The Labute approximate surface area is 257 Å². The van der Waals surface area contributed by atoms with E-state index in [1.165, 1.54) is 6.07 Å². The zero-order chi connectivity index (χ0) is 31.6. The Bertz CT molecular complexity index is 1660. The molecule has 0 spiro atoms. The standard InChI is InChI=1S/C36H40F2N2O4/c1-23(2)34-33(32(41)16-12-24-11-15-29(37)30(38)19-24)28-14-13-26(20-31(28)40(34)21-25-9-7-6-8-10-25)43-27-17-18-39(22-27)35(42)44-36(3,4)5/h6-11,13-15,19-20,23,27H,12,16-18,21-22H2,1-5H3. The number of likely N-dealkylation sites (tertiary alicyclic amines) is 1. The molecular formula is C36H40F2N2O4. The number of Topliss-reactive ketones (excluding diaryl/α,β-unsaturated/α-hetero) is 1. The van der Waals surface area contributed by atoms with E-state index in [0.717, 1.165) is 34.3 Å². The fourth-order valence-corrected chi connectivity index (χ4v) is 5.84. The third kappa shape index (κ3) is 7.12. The van der Waals surface area contributed by atoms with Gasteiger partial charge in [0.05, 0.1) is 12.1 Å². The third-order valence-corrected chi connectivity index (χ3v) is 7.81. The fourth-order valence-electron chi connectivity index (χ4n) is 5.84. The normalized spacial score (nSPS) is 15.3. The van der Waals surface area contributed by atoms with E-state index in [4.69, 9.17) is 9.47 Å². The average molecular weight is 603 g/mol. The van der Waals surface area contributed by atoms with Gasteiger partial charge in [-0.15, -0.1) is 0 Å². The van der Waals surface area contributed by atoms with Crippen molar-refractivity contribution in [2.24, 2.45) is 0 Å². The lowest BCUT2D eigenvalue weighted by atomic mass is 9.96. The monoisotopic (exact) mass is 602 g/mol. The number of carbonyl (C=O) groups excluding carboxylic acids is 2. The number of nitrogens with zero attached hydrogens (tertiary/aromatic N) is 2. The molecule has 1 aromatic heterocycles. The molecule has 1 aliphatic heterocycles. The summed E-state index contributed by atoms with van der Waals surface area (Å²) in [6, 6.07) is 19.6. The molecule has 5 rings (SSSR count). The number of hydrogen-bond acceptors (Lipinski definition) is 4. The number of fused-ring (bicyclic) bond motifs is 1. The Morgan fingerprint density at radius 3 is 2.39 bits per heavy atom. The van der Waals surface area contributed by atoms with Gasteiger partial charge in [-0.2, -0.15) is 0 Å². The molecule has 0 N–H and O–H groups in total. The second-order valence-corrected chi connectivity index (χ2v) is 12.8. The molecule has 232 valence electrons.